The van der Waals surface area contributed by atoms with E-state index in [1.54, 1.807) is 0 Å². The van der Waals surface area contributed by atoms with E-state index in [0.717, 1.165) is 24.3 Å². The van der Waals surface area contributed by atoms with Crippen molar-refractivity contribution in [2.45, 2.75) is 14.7 Å². The standard InChI is InChI=1S/C20H14N2O10S3.3Na/c23-16-8-7-11-9-12(33(24,25)26)10-18(35(30,31)32)19(11)20(16)22-21-15-5-1-4-14-13(15)3-2-6-17(14)34(27,28)29;;;/h1-10,23H,(H,24,25,26)(H,27,28,29)(H,30,31,32);;;/q;3*+1/p-3. The molecule has 4 rings (SSSR count). The summed E-state index contributed by atoms with van der Waals surface area (Å²) >= 11 is 0. The Balaban J connectivity index is 0.00000241. The van der Waals surface area contributed by atoms with Gasteiger partial charge in [-0.15, -0.1) is 5.11 Å². The van der Waals surface area contributed by atoms with Crippen molar-refractivity contribution in [3.8, 4) is 5.75 Å². The van der Waals surface area contributed by atoms with Crippen molar-refractivity contribution in [3.63, 3.8) is 0 Å². The van der Waals surface area contributed by atoms with Crippen LogP contribution in [0.3, 0.4) is 0 Å². The topological polar surface area (TPSA) is 217 Å². The van der Waals surface area contributed by atoms with Crippen molar-refractivity contribution in [1.29, 1.82) is 0 Å². The number of nitrogens with zero attached hydrogens (tertiary/aromatic N) is 2. The first-order chi connectivity index (χ1) is 16.2. The van der Waals surface area contributed by atoms with E-state index in [4.69, 9.17) is 0 Å². The molecule has 0 aliphatic carbocycles. The van der Waals surface area contributed by atoms with Crippen LogP contribution in [0, 0.1) is 0 Å². The van der Waals surface area contributed by atoms with Crippen LogP contribution >= 0.6 is 0 Å². The summed E-state index contributed by atoms with van der Waals surface area (Å²) in [7, 11) is -15.1. The molecule has 0 atom stereocenters. The molecule has 18 heteroatoms. The molecule has 0 unspecified atom stereocenters. The van der Waals surface area contributed by atoms with Gasteiger partial charge < -0.3 is 14.2 Å². The van der Waals surface area contributed by atoms with Crippen LogP contribution in [-0.4, -0.2) is 38.9 Å². The Morgan fingerprint density at radius 3 is 1.87 bits per heavy atom. The third kappa shape index (κ3) is 7.43. The molecule has 0 aromatic heterocycles. The smallest absolute Gasteiger partial charge is 0.871 e. The summed E-state index contributed by atoms with van der Waals surface area (Å²) in [5, 5.41) is 19.7. The SMILES string of the molecule is O=S(=O)([O-])c1cc(S(=O)(=O)O)c2c(N=Nc3cccc4c(S(=O)(=O)[O-])cccc34)c([O-])ccc2c1.[Na+].[Na+].[Na+]. The number of hydrogen-bond donors (Lipinski definition) is 1. The van der Waals surface area contributed by atoms with Gasteiger partial charge in [0.05, 0.1) is 21.2 Å². The summed E-state index contributed by atoms with van der Waals surface area (Å²) in [5.74, 6) is -0.855. The van der Waals surface area contributed by atoms with Gasteiger partial charge >= 0.3 is 88.7 Å². The van der Waals surface area contributed by atoms with Gasteiger partial charge in [-0.2, -0.15) is 13.5 Å². The molecule has 1 N–H and O–H groups in total. The fraction of sp³-hybridized carbons (Fsp3) is 0. The number of rotatable bonds is 5. The van der Waals surface area contributed by atoms with Crippen molar-refractivity contribution in [2.75, 3.05) is 0 Å². The van der Waals surface area contributed by atoms with Crippen molar-refractivity contribution in [1.82, 2.24) is 0 Å². The number of fused-ring (bicyclic) bond motifs is 2. The van der Waals surface area contributed by atoms with E-state index in [9.17, 15) is 44.0 Å². The third-order valence-corrected chi connectivity index (χ3v) is 7.53. The van der Waals surface area contributed by atoms with Crippen LogP contribution in [0.15, 0.2) is 85.6 Å². The van der Waals surface area contributed by atoms with E-state index in [-0.39, 0.29) is 111 Å². The van der Waals surface area contributed by atoms with Gasteiger partial charge in [0.15, 0.2) is 0 Å². The van der Waals surface area contributed by atoms with E-state index in [0.29, 0.717) is 6.07 Å². The zero-order chi connectivity index (χ0) is 25.8. The number of hydrogen-bond acceptors (Lipinski definition) is 11. The maximum Gasteiger partial charge on any atom is 1.00 e. The molecule has 0 aliphatic rings. The maximum atomic E-state index is 12.5. The van der Waals surface area contributed by atoms with Crippen molar-refractivity contribution < 1.29 is 133 Å². The van der Waals surface area contributed by atoms with Crippen LogP contribution in [0.25, 0.3) is 21.5 Å². The van der Waals surface area contributed by atoms with Crippen molar-refractivity contribution in [2.24, 2.45) is 10.2 Å². The largest absolute Gasteiger partial charge is 1.00 e. The minimum Gasteiger partial charge on any atom is -0.871 e. The molecule has 0 saturated carbocycles. The van der Waals surface area contributed by atoms with Crippen LogP contribution in [-0.2, 0) is 30.4 Å². The van der Waals surface area contributed by atoms with E-state index in [2.05, 4.69) is 10.2 Å². The molecule has 0 bridgehead atoms. The molecule has 0 saturated heterocycles. The van der Waals surface area contributed by atoms with Crippen molar-refractivity contribution in [3.05, 3.63) is 60.7 Å². The Bertz CT molecular complexity index is 1900. The molecule has 0 fully saturated rings. The fourth-order valence-corrected chi connectivity index (χ4v) is 5.53. The molecular formula is C20H11N2Na3O10S3. The third-order valence-electron chi connectivity index (χ3n) is 4.94. The summed E-state index contributed by atoms with van der Waals surface area (Å²) in [6.07, 6.45) is 0. The fourth-order valence-electron chi connectivity index (χ4n) is 3.48. The van der Waals surface area contributed by atoms with Crippen LogP contribution in [0.2, 0.25) is 0 Å². The molecule has 0 heterocycles. The van der Waals surface area contributed by atoms with Gasteiger partial charge in [-0.25, -0.2) is 16.8 Å². The summed E-state index contributed by atoms with van der Waals surface area (Å²) in [5.41, 5.74) is -0.592. The first kappa shape index (κ1) is 35.6. The monoisotopic (exact) mass is 604 g/mol. The van der Waals surface area contributed by atoms with Gasteiger partial charge in [-0.05, 0) is 29.7 Å². The Labute approximate surface area is 283 Å². The van der Waals surface area contributed by atoms with Gasteiger partial charge in [0.25, 0.3) is 10.1 Å². The average molecular weight is 604 g/mol. The van der Waals surface area contributed by atoms with Gasteiger partial charge in [-0.1, -0.05) is 42.1 Å². The van der Waals surface area contributed by atoms with Gasteiger partial charge in [0, 0.05) is 16.2 Å². The van der Waals surface area contributed by atoms with Gasteiger partial charge in [0.1, 0.15) is 25.1 Å². The summed E-state index contributed by atoms with van der Waals surface area (Å²) < 4.78 is 103. The summed E-state index contributed by atoms with van der Waals surface area (Å²) in [6, 6.07) is 11.1. The molecule has 0 aliphatic heterocycles. The van der Waals surface area contributed by atoms with Crippen LogP contribution < -0.4 is 93.8 Å². The molecule has 12 nitrogen and oxygen atoms in total. The Hall–Kier alpha value is -0.470. The van der Waals surface area contributed by atoms with E-state index >= 15 is 0 Å². The molecular weight excluding hydrogens is 593 g/mol. The zero-order valence-corrected chi connectivity index (χ0v) is 28.5. The zero-order valence-electron chi connectivity index (χ0n) is 20.0. The Morgan fingerprint density at radius 2 is 1.29 bits per heavy atom. The quantitative estimate of drug-likeness (QED) is 0.129. The van der Waals surface area contributed by atoms with Gasteiger partial charge in [0.2, 0.25) is 0 Å². The van der Waals surface area contributed by atoms with E-state index in [1.165, 1.54) is 30.3 Å². The molecule has 4 aromatic rings. The molecule has 0 spiro atoms. The molecule has 182 valence electrons. The molecule has 38 heavy (non-hydrogen) atoms. The number of benzene rings is 4. The second-order valence-electron chi connectivity index (χ2n) is 7.14. The van der Waals surface area contributed by atoms with Gasteiger partial charge in [-0.3, -0.25) is 4.55 Å². The Kier molecular flexibility index (Phi) is 12.2. The average Bonchev–Trinajstić information content (AvgIpc) is 2.75. The summed E-state index contributed by atoms with van der Waals surface area (Å²) in [6.45, 7) is 0. The second-order valence-corrected chi connectivity index (χ2v) is 11.3. The van der Waals surface area contributed by atoms with Crippen LogP contribution in [0.1, 0.15) is 0 Å². The molecule has 0 amide bonds. The normalized spacial score (nSPS) is 12.1. The second kappa shape index (κ2) is 13.0. The molecule has 0 radical (unpaired) electrons. The minimum atomic E-state index is -5.14. The van der Waals surface area contributed by atoms with E-state index in [1.807, 2.05) is 0 Å². The molecule has 4 aromatic carbocycles. The Morgan fingerprint density at radius 1 is 0.684 bits per heavy atom. The first-order valence-electron chi connectivity index (χ1n) is 9.28. The van der Waals surface area contributed by atoms with Crippen molar-refractivity contribution >= 4 is 63.3 Å². The maximum absolute atomic E-state index is 12.5. The van der Waals surface area contributed by atoms with Crippen LogP contribution in [0.5, 0.6) is 5.75 Å². The predicted octanol–water partition coefficient (Wildman–Crippen LogP) is -6.45. The van der Waals surface area contributed by atoms with E-state index < -0.39 is 61.9 Å². The minimum absolute atomic E-state index is 0. The first-order valence-corrected chi connectivity index (χ1v) is 13.5. The summed E-state index contributed by atoms with van der Waals surface area (Å²) in [4.78, 5) is -2.52. The predicted molar refractivity (Wildman–Crippen MR) is 117 cm³/mol. The number of azo groups is 1. The van der Waals surface area contributed by atoms with Crippen LogP contribution in [0.4, 0.5) is 11.4 Å².